The van der Waals surface area contributed by atoms with Crippen molar-refractivity contribution in [1.29, 1.82) is 0 Å². The van der Waals surface area contributed by atoms with Crippen LogP contribution >= 0.6 is 27.7 Å². The highest BCUT2D eigenvalue weighted by Crippen LogP contribution is 2.29. The van der Waals surface area contributed by atoms with Crippen LogP contribution in [0.1, 0.15) is 5.56 Å². The number of benzene rings is 2. The van der Waals surface area contributed by atoms with E-state index >= 15 is 0 Å². The molecule has 3 heteroatoms. The maximum Gasteiger partial charge on any atom is 0.118 e. The summed E-state index contributed by atoms with van der Waals surface area (Å²) in [7, 11) is 1.69. The van der Waals surface area contributed by atoms with Gasteiger partial charge in [-0.25, -0.2) is 0 Å². The molecule has 0 heterocycles. The van der Waals surface area contributed by atoms with Crippen molar-refractivity contribution >= 4 is 27.7 Å². The highest BCUT2D eigenvalue weighted by atomic mass is 79.9. The second-order valence-electron chi connectivity index (χ2n) is 3.57. The third kappa shape index (κ3) is 3.51. The van der Waals surface area contributed by atoms with E-state index in [1.165, 1.54) is 10.5 Å². The van der Waals surface area contributed by atoms with E-state index in [4.69, 9.17) is 4.74 Å². The molecule has 17 heavy (non-hydrogen) atoms. The van der Waals surface area contributed by atoms with Gasteiger partial charge in [-0.05, 0) is 45.8 Å². The number of methoxy groups -OCH3 is 1. The van der Waals surface area contributed by atoms with Crippen molar-refractivity contribution in [2.24, 2.45) is 0 Å². The SMILES string of the molecule is COc1ccc(CSc2ccccc2Br)cc1. The van der Waals surface area contributed by atoms with E-state index in [1.807, 2.05) is 30.0 Å². The lowest BCUT2D eigenvalue weighted by molar-refractivity contribution is 0.414. The molecule has 2 aromatic carbocycles. The minimum atomic E-state index is 0.902. The van der Waals surface area contributed by atoms with E-state index in [1.54, 1.807) is 7.11 Å². The zero-order valence-corrected chi connectivity index (χ0v) is 11.9. The second kappa shape index (κ2) is 6.12. The van der Waals surface area contributed by atoms with Crippen LogP contribution in [-0.2, 0) is 5.75 Å². The first-order chi connectivity index (χ1) is 8.29. The molecule has 0 aliphatic heterocycles. The van der Waals surface area contributed by atoms with Gasteiger partial charge < -0.3 is 4.74 Å². The topological polar surface area (TPSA) is 9.23 Å². The molecule has 0 unspecified atom stereocenters. The van der Waals surface area contributed by atoms with E-state index in [2.05, 4.69) is 46.3 Å². The normalized spacial score (nSPS) is 10.2. The van der Waals surface area contributed by atoms with Crippen LogP contribution < -0.4 is 4.74 Å². The van der Waals surface area contributed by atoms with Gasteiger partial charge in [-0.1, -0.05) is 24.3 Å². The molecule has 0 amide bonds. The van der Waals surface area contributed by atoms with E-state index in [0.29, 0.717) is 0 Å². The van der Waals surface area contributed by atoms with Gasteiger partial charge in [0.15, 0.2) is 0 Å². The first kappa shape index (κ1) is 12.5. The van der Waals surface area contributed by atoms with Gasteiger partial charge in [-0.15, -0.1) is 11.8 Å². The summed E-state index contributed by atoms with van der Waals surface area (Å²) < 4.78 is 6.29. The Morgan fingerprint density at radius 3 is 2.41 bits per heavy atom. The molecular weight excluding hydrogens is 296 g/mol. The van der Waals surface area contributed by atoms with Crippen molar-refractivity contribution in [3.63, 3.8) is 0 Å². The van der Waals surface area contributed by atoms with Gasteiger partial charge in [0, 0.05) is 15.1 Å². The average molecular weight is 309 g/mol. The summed E-state index contributed by atoms with van der Waals surface area (Å²) in [4.78, 5) is 1.27. The molecule has 1 nitrogen and oxygen atoms in total. The highest BCUT2D eigenvalue weighted by Gasteiger charge is 2.00. The lowest BCUT2D eigenvalue weighted by Crippen LogP contribution is -1.84. The number of halogens is 1. The molecule has 0 fully saturated rings. The number of rotatable bonds is 4. The molecule has 2 rings (SSSR count). The van der Waals surface area contributed by atoms with Crippen LogP contribution in [0.3, 0.4) is 0 Å². The summed E-state index contributed by atoms with van der Waals surface area (Å²) in [5.41, 5.74) is 1.30. The van der Waals surface area contributed by atoms with Crippen molar-refractivity contribution in [2.75, 3.05) is 7.11 Å². The molecule has 0 aliphatic rings. The van der Waals surface area contributed by atoms with Crippen molar-refractivity contribution in [3.8, 4) is 5.75 Å². The molecule has 0 aliphatic carbocycles. The third-order valence-electron chi connectivity index (χ3n) is 2.39. The summed E-state index contributed by atoms with van der Waals surface area (Å²) in [5.74, 6) is 1.87. The van der Waals surface area contributed by atoms with Crippen LogP contribution in [0.5, 0.6) is 5.75 Å². The summed E-state index contributed by atoms with van der Waals surface area (Å²) in [5, 5.41) is 0. The molecule has 0 saturated carbocycles. The first-order valence-electron chi connectivity index (χ1n) is 5.30. The molecule has 0 spiro atoms. The lowest BCUT2D eigenvalue weighted by Gasteiger charge is -2.05. The number of thioether (sulfide) groups is 1. The van der Waals surface area contributed by atoms with Gasteiger partial charge in [-0.2, -0.15) is 0 Å². The fraction of sp³-hybridized carbons (Fsp3) is 0.143. The van der Waals surface area contributed by atoms with Gasteiger partial charge >= 0.3 is 0 Å². The Bertz CT molecular complexity index is 482. The Kier molecular flexibility index (Phi) is 4.51. The molecule has 0 radical (unpaired) electrons. The van der Waals surface area contributed by atoms with E-state index in [-0.39, 0.29) is 0 Å². The zero-order chi connectivity index (χ0) is 12.1. The fourth-order valence-corrected chi connectivity index (χ4v) is 2.97. The Morgan fingerprint density at radius 2 is 1.76 bits per heavy atom. The largest absolute Gasteiger partial charge is 0.497 e. The van der Waals surface area contributed by atoms with Crippen LogP contribution in [0.2, 0.25) is 0 Å². The van der Waals surface area contributed by atoms with Crippen LogP contribution in [0.25, 0.3) is 0 Å². The van der Waals surface area contributed by atoms with Gasteiger partial charge in [0.2, 0.25) is 0 Å². The maximum atomic E-state index is 5.14. The minimum Gasteiger partial charge on any atom is -0.497 e. The average Bonchev–Trinajstić information content (AvgIpc) is 2.38. The standard InChI is InChI=1S/C14H13BrOS/c1-16-12-8-6-11(7-9-12)10-17-14-5-3-2-4-13(14)15/h2-9H,10H2,1H3. The van der Waals surface area contributed by atoms with Gasteiger partial charge in [0.25, 0.3) is 0 Å². The van der Waals surface area contributed by atoms with Crippen molar-refractivity contribution in [1.82, 2.24) is 0 Å². The van der Waals surface area contributed by atoms with Gasteiger partial charge in [0.1, 0.15) is 5.75 Å². The summed E-state index contributed by atoms with van der Waals surface area (Å²) in [6, 6.07) is 16.5. The Labute approximate surface area is 114 Å². The Hall–Kier alpha value is -0.930. The molecule has 0 aromatic heterocycles. The molecule has 0 bridgehead atoms. The van der Waals surface area contributed by atoms with Crippen LogP contribution in [0, 0.1) is 0 Å². The summed E-state index contributed by atoms with van der Waals surface area (Å²) in [6.07, 6.45) is 0. The van der Waals surface area contributed by atoms with Crippen LogP contribution in [0.4, 0.5) is 0 Å². The lowest BCUT2D eigenvalue weighted by atomic mass is 10.2. The molecule has 0 atom stereocenters. The van der Waals surface area contributed by atoms with Crippen LogP contribution in [0.15, 0.2) is 57.9 Å². The minimum absolute atomic E-state index is 0.902. The third-order valence-corrected chi connectivity index (χ3v) is 4.49. The summed E-state index contributed by atoms with van der Waals surface area (Å²) in [6.45, 7) is 0. The molecular formula is C14H13BrOS. The second-order valence-corrected chi connectivity index (χ2v) is 5.44. The van der Waals surface area contributed by atoms with E-state index in [0.717, 1.165) is 16.0 Å². The van der Waals surface area contributed by atoms with Crippen molar-refractivity contribution < 1.29 is 4.74 Å². The molecule has 0 saturated heterocycles. The fourth-order valence-electron chi connectivity index (χ4n) is 1.44. The molecule has 88 valence electrons. The maximum absolute atomic E-state index is 5.14. The molecule has 0 N–H and O–H groups in total. The monoisotopic (exact) mass is 308 g/mol. The smallest absolute Gasteiger partial charge is 0.118 e. The zero-order valence-electron chi connectivity index (χ0n) is 9.52. The first-order valence-corrected chi connectivity index (χ1v) is 7.08. The van der Waals surface area contributed by atoms with Gasteiger partial charge in [-0.3, -0.25) is 0 Å². The number of hydrogen-bond acceptors (Lipinski definition) is 2. The van der Waals surface area contributed by atoms with Crippen molar-refractivity contribution in [3.05, 3.63) is 58.6 Å². The van der Waals surface area contributed by atoms with Gasteiger partial charge in [0.05, 0.1) is 7.11 Å². The highest BCUT2D eigenvalue weighted by molar-refractivity contribution is 9.10. The Morgan fingerprint density at radius 1 is 1.06 bits per heavy atom. The number of hydrogen-bond donors (Lipinski definition) is 0. The predicted octanol–water partition coefficient (Wildman–Crippen LogP) is 4.75. The summed E-state index contributed by atoms with van der Waals surface area (Å²) >= 11 is 5.38. The Balaban J connectivity index is 2.00. The molecule has 2 aromatic rings. The van der Waals surface area contributed by atoms with Crippen LogP contribution in [-0.4, -0.2) is 7.11 Å². The van der Waals surface area contributed by atoms with E-state index < -0.39 is 0 Å². The quantitative estimate of drug-likeness (QED) is 0.754. The van der Waals surface area contributed by atoms with Crippen molar-refractivity contribution in [2.45, 2.75) is 10.6 Å². The predicted molar refractivity (Wildman–Crippen MR) is 76.7 cm³/mol. The van der Waals surface area contributed by atoms with E-state index in [9.17, 15) is 0 Å². The number of ether oxygens (including phenoxy) is 1.